The Morgan fingerprint density at radius 2 is 2.19 bits per heavy atom. The fraction of sp³-hybridized carbons (Fsp3) is 0.417. The molecule has 1 aromatic rings. The van der Waals surface area contributed by atoms with Gasteiger partial charge in [0, 0.05) is 5.56 Å². The van der Waals surface area contributed by atoms with Gasteiger partial charge in [-0.15, -0.1) is 0 Å². The molecule has 3 nitrogen and oxygen atoms in total. The Kier molecular flexibility index (Phi) is 4.38. The zero-order valence-corrected chi connectivity index (χ0v) is 10.8. The molecule has 0 amide bonds. The standard InChI is InChI=1S/C12H16NO2S/c1-12(2,3)16(14)13-9-10-6-5-7-11(8-10)15-4/h5,7-9H,1-4H3/b13-9-/t16-/m0/s1. The van der Waals surface area contributed by atoms with E-state index in [0.717, 1.165) is 11.3 Å². The molecule has 0 heterocycles. The van der Waals surface area contributed by atoms with Crippen molar-refractivity contribution >= 4 is 17.6 Å². The Morgan fingerprint density at radius 3 is 2.75 bits per heavy atom. The summed E-state index contributed by atoms with van der Waals surface area (Å²) < 4.78 is 20.4. The molecule has 1 atom stereocenters. The van der Waals surface area contributed by atoms with Crippen LogP contribution in [0.2, 0.25) is 0 Å². The summed E-state index contributed by atoms with van der Waals surface area (Å²) in [5, 5.41) is 0. The van der Waals surface area contributed by atoms with E-state index >= 15 is 0 Å². The van der Waals surface area contributed by atoms with Gasteiger partial charge in [0.15, 0.2) is 0 Å². The molecule has 0 saturated heterocycles. The maximum Gasteiger partial charge on any atom is 0.144 e. The van der Waals surface area contributed by atoms with Gasteiger partial charge in [-0.25, -0.2) is 0 Å². The van der Waals surface area contributed by atoms with Gasteiger partial charge in [-0.3, -0.25) is 0 Å². The summed E-state index contributed by atoms with van der Waals surface area (Å²) in [5.74, 6) is 0.738. The summed E-state index contributed by atoms with van der Waals surface area (Å²) in [6.07, 6.45) is 1.56. The normalized spacial score (nSPS) is 14.1. The lowest BCUT2D eigenvalue weighted by atomic mass is 10.2. The van der Waals surface area contributed by atoms with E-state index < -0.39 is 11.4 Å². The molecule has 0 fully saturated rings. The second-order valence-electron chi connectivity index (χ2n) is 4.28. The first-order chi connectivity index (χ1) is 7.43. The molecule has 0 spiro atoms. The fourth-order valence-electron chi connectivity index (χ4n) is 0.927. The van der Waals surface area contributed by atoms with Crippen LogP contribution in [-0.4, -0.2) is 22.6 Å². The topological polar surface area (TPSA) is 44.6 Å². The summed E-state index contributed by atoms with van der Waals surface area (Å²) in [7, 11) is 1.60. The lowest BCUT2D eigenvalue weighted by molar-refractivity contribution is 0.414. The number of nitrogens with zero attached hydrogens (tertiary/aromatic N) is 1. The largest absolute Gasteiger partial charge is 0.591 e. The minimum Gasteiger partial charge on any atom is -0.591 e. The van der Waals surface area contributed by atoms with E-state index in [-0.39, 0.29) is 4.75 Å². The molecule has 16 heavy (non-hydrogen) atoms. The van der Waals surface area contributed by atoms with Gasteiger partial charge < -0.3 is 9.29 Å². The molecule has 87 valence electrons. The minimum absolute atomic E-state index is 0.338. The van der Waals surface area contributed by atoms with Gasteiger partial charge in [0.05, 0.1) is 13.3 Å². The van der Waals surface area contributed by atoms with E-state index in [1.165, 1.54) is 0 Å². The van der Waals surface area contributed by atoms with Crippen LogP contribution >= 0.6 is 0 Å². The molecule has 4 heteroatoms. The van der Waals surface area contributed by atoms with Crippen molar-refractivity contribution in [1.82, 2.24) is 0 Å². The van der Waals surface area contributed by atoms with Gasteiger partial charge in [0.1, 0.15) is 21.9 Å². The second kappa shape index (κ2) is 5.37. The predicted octanol–water partition coefficient (Wildman–Crippen LogP) is 2.38. The SMILES string of the molecule is COc1cc[c]c(/C=N\[S@@+]([O-])C(C)(C)C)c1. The molecule has 0 bridgehead atoms. The van der Waals surface area contributed by atoms with Crippen molar-refractivity contribution in [2.24, 2.45) is 4.40 Å². The van der Waals surface area contributed by atoms with E-state index in [9.17, 15) is 4.55 Å². The average Bonchev–Trinajstić information content (AvgIpc) is 2.25. The van der Waals surface area contributed by atoms with E-state index in [1.54, 1.807) is 31.5 Å². The van der Waals surface area contributed by atoms with Crippen molar-refractivity contribution in [1.29, 1.82) is 0 Å². The van der Waals surface area contributed by atoms with Gasteiger partial charge in [0.25, 0.3) is 0 Å². The van der Waals surface area contributed by atoms with Crippen LogP contribution in [0.15, 0.2) is 22.6 Å². The molecule has 1 rings (SSSR count). The molecule has 1 radical (unpaired) electrons. The maximum atomic E-state index is 11.7. The van der Waals surface area contributed by atoms with Crippen molar-refractivity contribution < 1.29 is 9.29 Å². The third-order valence-corrected chi connectivity index (χ3v) is 3.19. The van der Waals surface area contributed by atoms with Crippen LogP contribution < -0.4 is 4.74 Å². The first kappa shape index (κ1) is 13.1. The second-order valence-corrected chi connectivity index (χ2v) is 6.21. The highest BCUT2D eigenvalue weighted by Crippen LogP contribution is 2.17. The number of hydrogen-bond donors (Lipinski definition) is 0. The third-order valence-electron chi connectivity index (χ3n) is 1.84. The molecular weight excluding hydrogens is 222 g/mol. The number of methoxy groups -OCH3 is 1. The Bertz CT molecular complexity index is 372. The molecule has 0 aliphatic heterocycles. The first-order valence-electron chi connectivity index (χ1n) is 4.95. The lowest BCUT2D eigenvalue weighted by Gasteiger charge is -2.17. The number of ether oxygens (including phenoxy) is 1. The van der Waals surface area contributed by atoms with Gasteiger partial charge in [-0.05, 0) is 39.0 Å². The Labute approximate surface area is 99.9 Å². The molecule has 0 unspecified atom stereocenters. The van der Waals surface area contributed by atoms with Crippen LogP contribution in [0.3, 0.4) is 0 Å². The van der Waals surface area contributed by atoms with E-state index in [1.807, 2.05) is 20.8 Å². The molecule has 0 aliphatic carbocycles. The van der Waals surface area contributed by atoms with Crippen LogP contribution in [-0.2, 0) is 11.4 Å². The van der Waals surface area contributed by atoms with Gasteiger partial charge in [-0.1, -0.05) is 10.5 Å². The van der Waals surface area contributed by atoms with Crippen LogP contribution in [0.5, 0.6) is 5.75 Å². The highest BCUT2D eigenvalue weighted by Gasteiger charge is 2.25. The summed E-state index contributed by atoms with van der Waals surface area (Å²) in [6.45, 7) is 5.65. The highest BCUT2D eigenvalue weighted by atomic mass is 32.2. The van der Waals surface area contributed by atoms with Crippen LogP contribution in [0.1, 0.15) is 26.3 Å². The van der Waals surface area contributed by atoms with Crippen LogP contribution in [0, 0.1) is 6.07 Å². The van der Waals surface area contributed by atoms with Gasteiger partial charge in [-0.2, -0.15) is 0 Å². The zero-order valence-electron chi connectivity index (χ0n) is 9.98. The number of rotatable bonds is 3. The molecule has 0 N–H and O–H groups in total. The monoisotopic (exact) mass is 238 g/mol. The average molecular weight is 238 g/mol. The Morgan fingerprint density at radius 1 is 1.50 bits per heavy atom. The van der Waals surface area contributed by atoms with Crippen molar-refractivity contribution in [2.45, 2.75) is 25.5 Å². The van der Waals surface area contributed by atoms with Crippen molar-refractivity contribution in [3.05, 3.63) is 29.8 Å². The van der Waals surface area contributed by atoms with E-state index in [0.29, 0.717) is 0 Å². The van der Waals surface area contributed by atoms with Crippen molar-refractivity contribution in [3.8, 4) is 5.75 Å². The van der Waals surface area contributed by atoms with Crippen molar-refractivity contribution in [3.63, 3.8) is 0 Å². The molecule has 1 aromatic carbocycles. The van der Waals surface area contributed by atoms with Crippen molar-refractivity contribution in [2.75, 3.05) is 7.11 Å². The highest BCUT2D eigenvalue weighted by molar-refractivity contribution is 7.91. The summed E-state index contributed by atoms with van der Waals surface area (Å²) in [5.41, 5.74) is 0.761. The first-order valence-corrected chi connectivity index (χ1v) is 6.06. The fourth-order valence-corrected chi connectivity index (χ4v) is 1.45. The molecule has 0 aromatic heterocycles. The molecule has 0 saturated carbocycles. The smallest absolute Gasteiger partial charge is 0.144 e. The zero-order chi connectivity index (χ0) is 12.2. The minimum atomic E-state index is -1.24. The third kappa shape index (κ3) is 3.87. The molecule has 0 aliphatic rings. The van der Waals surface area contributed by atoms with Gasteiger partial charge >= 0.3 is 0 Å². The lowest BCUT2D eigenvalue weighted by Crippen LogP contribution is -2.25. The number of benzene rings is 1. The van der Waals surface area contributed by atoms with E-state index in [4.69, 9.17) is 4.74 Å². The maximum absolute atomic E-state index is 11.7. The van der Waals surface area contributed by atoms with E-state index in [2.05, 4.69) is 10.5 Å². The summed E-state index contributed by atoms with van der Waals surface area (Å²) in [4.78, 5) is 0. The summed E-state index contributed by atoms with van der Waals surface area (Å²) >= 11 is -1.24. The predicted molar refractivity (Wildman–Crippen MR) is 67.3 cm³/mol. The Balaban J connectivity index is 2.76. The number of hydrogen-bond acceptors (Lipinski definition) is 3. The quantitative estimate of drug-likeness (QED) is 0.599. The van der Waals surface area contributed by atoms with Gasteiger partial charge in [0.2, 0.25) is 0 Å². The Hall–Kier alpha value is -1.00. The summed E-state index contributed by atoms with van der Waals surface area (Å²) in [6, 6.07) is 8.33. The molecular formula is C12H16NO2S. The van der Waals surface area contributed by atoms with Crippen LogP contribution in [0.25, 0.3) is 0 Å². The van der Waals surface area contributed by atoms with Crippen LogP contribution in [0.4, 0.5) is 0 Å².